The van der Waals surface area contributed by atoms with Crippen molar-refractivity contribution in [1.29, 1.82) is 0 Å². The molecule has 0 spiro atoms. The van der Waals surface area contributed by atoms with Crippen LogP contribution in [-0.2, 0) is 25.5 Å². The summed E-state index contributed by atoms with van der Waals surface area (Å²) in [5, 5.41) is 11.1. The van der Waals surface area contributed by atoms with Gasteiger partial charge in [-0.15, -0.1) is 0 Å². The lowest BCUT2D eigenvalue weighted by Crippen LogP contribution is -2.70. The Labute approximate surface area is 264 Å². The molecule has 6 nitrogen and oxygen atoms in total. The Morgan fingerprint density at radius 2 is 1.87 bits per heavy atom. The minimum absolute atomic E-state index is 0.0279. The van der Waals surface area contributed by atoms with Crippen LogP contribution in [0.5, 0.6) is 0 Å². The van der Waals surface area contributed by atoms with Gasteiger partial charge in [-0.2, -0.15) is 0 Å². The summed E-state index contributed by atoms with van der Waals surface area (Å²) in [7, 11) is 0. The number of hydrogen-bond acceptors (Lipinski definition) is 7. The number of carbonyl (C=O) groups is 2. The van der Waals surface area contributed by atoms with Crippen LogP contribution >= 0.6 is 11.8 Å². The van der Waals surface area contributed by atoms with Crippen molar-refractivity contribution in [1.82, 2.24) is 0 Å². The zero-order valence-electron chi connectivity index (χ0n) is 25.1. The number of ether oxygens (including phenoxy) is 2. The highest BCUT2D eigenvalue weighted by Gasteiger charge is 2.80. The summed E-state index contributed by atoms with van der Waals surface area (Å²) >= 11 is 0.472. The lowest BCUT2D eigenvalue weighted by molar-refractivity contribution is -0.232. The van der Waals surface area contributed by atoms with Gasteiger partial charge >= 0.3 is 0 Å². The second kappa shape index (κ2) is 10.6. The fourth-order valence-corrected chi connectivity index (χ4v) is 10.1. The average Bonchev–Trinajstić information content (AvgIpc) is 3.50. The van der Waals surface area contributed by atoms with E-state index in [2.05, 4.69) is 0 Å². The van der Waals surface area contributed by atoms with Crippen molar-refractivity contribution in [3.63, 3.8) is 0 Å². The second-order valence-electron chi connectivity index (χ2n) is 13.6. The third kappa shape index (κ3) is 4.21. The smallest absolute Gasteiger partial charge is 0.226 e. The number of alkyl halides is 3. The third-order valence-corrected chi connectivity index (χ3v) is 12.1. The van der Waals surface area contributed by atoms with Crippen LogP contribution in [0.3, 0.4) is 0 Å². The first-order valence-corrected chi connectivity index (χ1v) is 16.3. The number of carbonyl (C=O) groups excluding carboxylic acids is 2. The largest absolute Gasteiger partial charge is 0.399 e. The van der Waals surface area contributed by atoms with Crippen LogP contribution < -0.4 is 5.73 Å². The number of aliphatic hydroxyl groups is 1. The molecule has 7 rings (SSSR count). The predicted molar refractivity (Wildman–Crippen MR) is 164 cm³/mol. The van der Waals surface area contributed by atoms with E-state index in [4.69, 9.17) is 15.2 Å². The molecule has 3 N–H and O–H groups in total. The molecule has 238 valence electrons. The first kappa shape index (κ1) is 30.7. The quantitative estimate of drug-likeness (QED) is 0.380. The van der Waals surface area contributed by atoms with Gasteiger partial charge in [0.2, 0.25) is 5.12 Å². The van der Waals surface area contributed by atoms with Crippen LogP contribution in [0, 0.1) is 22.7 Å². The highest BCUT2D eigenvalue weighted by Crippen LogP contribution is 2.73. The van der Waals surface area contributed by atoms with E-state index in [0.717, 1.165) is 17.2 Å². The standard InChI is InChI=1S/C35H36F3NO5S/c1-32-11-10-23(40)14-26(32)27(37)15-25-24-16-29-35(31(42)45-18-36,33(24,2)17-28(41)34(25,32)38)44-30(43-29)21-8-6-19(7-9-21)12-20-4-3-5-22(39)13-20/h3-11,13-14,24-25,27-30,41H,12,15-18,39H2,1-2H3/t24-,25?,27-,28-,29+,30+,32-,33-,34-,35-/m0/s1. The number of aliphatic hydroxyl groups excluding tert-OH is 1. The molecule has 1 heterocycles. The number of ketones is 1. The topological polar surface area (TPSA) is 98.9 Å². The normalized spacial score (nSPS) is 41.6. The lowest BCUT2D eigenvalue weighted by atomic mass is 9.44. The van der Waals surface area contributed by atoms with Gasteiger partial charge in [0.1, 0.15) is 12.2 Å². The number of allylic oxidation sites excluding steroid dienone is 4. The summed E-state index contributed by atoms with van der Waals surface area (Å²) in [6.45, 7) is 3.29. The summed E-state index contributed by atoms with van der Waals surface area (Å²) in [5.74, 6) is -2.05. The Morgan fingerprint density at radius 3 is 2.58 bits per heavy atom. The molecule has 5 aliphatic rings. The number of fused-ring (bicyclic) bond motifs is 7. The van der Waals surface area contributed by atoms with Crippen LogP contribution in [0.15, 0.2) is 72.3 Å². The molecule has 4 aliphatic carbocycles. The first-order chi connectivity index (χ1) is 21.4. The van der Waals surface area contributed by atoms with Gasteiger partial charge in [0.05, 0.1) is 12.2 Å². The number of nitrogen functional groups attached to an aromatic ring is 1. The number of benzene rings is 2. The van der Waals surface area contributed by atoms with Gasteiger partial charge in [0.25, 0.3) is 0 Å². The third-order valence-electron chi connectivity index (χ3n) is 11.5. The molecule has 1 saturated heterocycles. The van der Waals surface area contributed by atoms with Crippen LogP contribution in [-0.4, -0.2) is 51.7 Å². The van der Waals surface area contributed by atoms with Crippen molar-refractivity contribution in [3.05, 3.63) is 89.0 Å². The van der Waals surface area contributed by atoms with E-state index < -0.39 is 75.5 Å². The molecule has 0 amide bonds. The molecule has 4 fully saturated rings. The van der Waals surface area contributed by atoms with Crippen molar-refractivity contribution in [3.8, 4) is 0 Å². The average molecular weight is 640 g/mol. The maximum absolute atomic E-state index is 17.6. The van der Waals surface area contributed by atoms with Crippen LogP contribution in [0.2, 0.25) is 0 Å². The molecule has 45 heavy (non-hydrogen) atoms. The Balaban J connectivity index is 1.22. The summed E-state index contributed by atoms with van der Waals surface area (Å²) < 4.78 is 60.2. The Bertz CT molecular complexity index is 1620. The first-order valence-electron chi connectivity index (χ1n) is 15.3. The molecule has 2 aromatic rings. The molecule has 0 bridgehead atoms. The van der Waals surface area contributed by atoms with E-state index in [1.54, 1.807) is 6.92 Å². The van der Waals surface area contributed by atoms with E-state index in [0.29, 0.717) is 29.4 Å². The molecule has 3 saturated carbocycles. The monoisotopic (exact) mass is 639 g/mol. The lowest BCUT2D eigenvalue weighted by Gasteiger charge is -2.63. The molecule has 1 aliphatic heterocycles. The summed E-state index contributed by atoms with van der Waals surface area (Å²) in [6, 6.07) is 14.2. The van der Waals surface area contributed by atoms with Gasteiger partial charge in [-0.1, -0.05) is 61.2 Å². The summed E-state index contributed by atoms with van der Waals surface area (Å²) in [6.07, 6.45) is -0.903. The van der Waals surface area contributed by atoms with Crippen LogP contribution in [0.4, 0.5) is 18.9 Å². The van der Waals surface area contributed by atoms with E-state index in [1.165, 1.54) is 19.1 Å². The number of halogens is 3. The fourth-order valence-electron chi connectivity index (χ4n) is 9.33. The van der Waals surface area contributed by atoms with Crippen molar-refractivity contribution < 1.29 is 37.3 Å². The van der Waals surface area contributed by atoms with Gasteiger partial charge in [-0.05, 0) is 79.5 Å². The second-order valence-corrected chi connectivity index (χ2v) is 14.5. The number of rotatable bonds is 5. The Morgan fingerprint density at radius 1 is 1.11 bits per heavy atom. The van der Waals surface area contributed by atoms with Gasteiger partial charge in [-0.3, -0.25) is 9.59 Å². The van der Waals surface area contributed by atoms with Crippen LogP contribution in [0.25, 0.3) is 0 Å². The summed E-state index contributed by atoms with van der Waals surface area (Å²) in [4.78, 5) is 26.0. The minimum Gasteiger partial charge on any atom is -0.399 e. The van der Waals surface area contributed by atoms with Crippen molar-refractivity contribution in [2.24, 2.45) is 22.7 Å². The van der Waals surface area contributed by atoms with E-state index in [9.17, 15) is 19.1 Å². The number of thioether (sulfide) groups is 1. The van der Waals surface area contributed by atoms with Crippen LogP contribution in [0.1, 0.15) is 56.1 Å². The van der Waals surface area contributed by atoms with E-state index >= 15 is 8.78 Å². The number of hydrogen-bond donors (Lipinski definition) is 2. The van der Waals surface area contributed by atoms with Crippen molar-refractivity contribution in [2.45, 2.75) is 75.5 Å². The molecular formula is C35H36F3NO5S. The predicted octanol–water partition coefficient (Wildman–Crippen LogP) is 6.13. The van der Waals surface area contributed by atoms with Crippen molar-refractivity contribution >= 4 is 28.3 Å². The SMILES string of the molecule is C[C@]12C=CC(=O)C=C1[C@@H](F)CC1[C@@H]3C[C@H]4O[C@@H](c5ccc(Cc6cccc(N)c6)cc5)O[C@@]4(C(=O)SCF)[C@@]3(C)C[C@H](O)[C@@]12F. The summed E-state index contributed by atoms with van der Waals surface area (Å²) in [5.41, 5.74) is 2.64. The molecule has 1 unspecified atom stereocenters. The maximum Gasteiger partial charge on any atom is 0.226 e. The molecule has 10 atom stereocenters. The molecule has 0 radical (unpaired) electrons. The van der Waals surface area contributed by atoms with Gasteiger partial charge < -0.3 is 20.3 Å². The maximum atomic E-state index is 17.6. The van der Waals surface area contributed by atoms with Gasteiger partial charge in [0.15, 0.2) is 23.3 Å². The highest BCUT2D eigenvalue weighted by atomic mass is 32.2. The Hall–Kier alpha value is -2.92. The van der Waals surface area contributed by atoms with Gasteiger partial charge in [-0.25, -0.2) is 13.2 Å². The van der Waals surface area contributed by atoms with E-state index in [1.807, 2.05) is 48.5 Å². The zero-order valence-corrected chi connectivity index (χ0v) is 25.9. The molecule has 10 heteroatoms. The Kier molecular flexibility index (Phi) is 7.20. The van der Waals surface area contributed by atoms with Gasteiger partial charge in [0, 0.05) is 28.0 Å². The minimum atomic E-state index is -2.31. The van der Waals surface area contributed by atoms with Crippen molar-refractivity contribution in [2.75, 3.05) is 11.7 Å². The highest BCUT2D eigenvalue weighted by molar-refractivity contribution is 8.13. The zero-order chi connectivity index (χ0) is 31.9. The number of anilines is 1. The molecule has 0 aromatic heterocycles. The fraction of sp³-hybridized carbons (Fsp3) is 0.486. The van der Waals surface area contributed by atoms with E-state index in [-0.39, 0.29) is 24.8 Å². The number of nitrogens with two attached hydrogens (primary N) is 1. The molecular weight excluding hydrogens is 603 g/mol. The molecule has 2 aromatic carbocycles.